The first kappa shape index (κ1) is 26.3. The van der Waals surface area contributed by atoms with Gasteiger partial charge in [0, 0.05) is 0 Å². The SMILES string of the molecule is C#Cc1c(F)c(CC2CCC(C(=C)CC)CC2)c(CC2CCC(C(=C)CC)CC2)c(F)c1C#C. The highest BCUT2D eigenvalue weighted by Crippen LogP contribution is 2.40. The zero-order valence-corrected chi connectivity index (χ0v) is 21.1. The van der Waals surface area contributed by atoms with Gasteiger partial charge in [0.1, 0.15) is 11.6 Å². The quantitative estimate of drug-likeness (QED) is 0.268. The highest BCUT2D eigenvalue weighted by Gasteiger charge is 2.30. The van der Waals surface area contributed by atoms with Crippen LogP contribution in [-0.4, -0.2) is 0 Å². The normalized spacial score (nSPS) is 24.8. The number of rotatable bonds is 8. The van der Waals surface area contributed by atoms with Crippen LogP contribution in [0.4, 0.5) is 8.78 Å². The van der Waals surface area contributed by atoms with E-state index in [1.54, 1.807) is 0 Å². The molecule has 1 aromatic rings. The fourth-order valence-electron chi connectivity index (χ4n) is 6.19. The molecule has 0 aliphatic heterocycles. The smallest absolute Gasteiger partial charge is 0.143 e. The Bertz CT molecular complexity index is 903. The summed E-state index contributed by atoms with van der Waals surface area (Å²) in [5.74, 6) is 5.51. The molecule has 0 bridgehead atoms. The second kappa shape index (κ2) is 11.9. The van der Waals surface area contributed by atoms with Crippen LogP contribution in [0.3, 0.4) is 0 Å². The topological polar surface area (TPSA) is 0 Å². The molecule has 0 unspecified atom stereocenters. The van der Waals surface area contributed by atoms with Gasteiger partial charge in [0.2, 0.25) is 0 Å². The largest absolute Gasteiger partial charge is 0.205 e. The maximum atomic E-state index is 15.7. The van der Waals surface area contributed by atoms with Crippen LogP contribution >= 0.6 is 0 Å². The van der Waals surface area contributed by atoms with Crippen molar-refractivity contribution in [2.75, 3.05) is 0 Å². The van der Waals surface area contributed by atoms with Crippen molar-refractivity contribution in [1.29, 1.82) is 0 Å². The van der Waals surface area contributed by atoms with Crippen LogP contribution in [0, 0.1) is 60.0 Å². The van der Waals surface area contributed by atoms with Crippen LogP contribution < -0.4 is 0 Å². The Morgan fingerprint density at radius 3 is 1.29 bits per heavy atom. The van der Waals surface area contributed by atoms with Crippen molar-refractivity contribution in [3.63, 3.8) is 0 Å². The predicted molar refractivity (Wildman–Crippen MR) is 139 cm³/mol. The van der Waals surface area contributed by atoms with Crippen molar-refractivity contribution < 1.29 is 8.78 Å². The molecule has 0 aromatic heterocycles. The second-order valence-corrected chi connectivity index (χ2v) is 10.5. The molecule has 3 rings (SSSR count). The van der Waals surface area contributed by atoms with Crippen molar-refractivity contribution >= 4 is 0 Å². The van der Waals surface area contributed by atoms with Crippen molar-refractivity contribution in [3.8, 4) is 24.7 Å². The van der Waals surface area contributed by atoms with Crippen LogP contribution in [0.15, 0.2) is 24.3 Å². The summed E-state index contributed by atoms with van der Waals surface area (Å²) < 4.78 is 31.4. The Labute approximate surface area is 206 Å². The minimum Gasteiger partial charge on any atom is -0.205 e. The molecule has 0 N–H and O–H groups in total. The minimum atomic E-state index is -0.472. The highest BCUT2D eigenvalue weighted by atomic mass is 19.1. The molecule has 0 nitrogen and oxygen atoms in total. The summed E-state index contributed by atoms with van der Waals surface area (Å²) in [4.78, 5) is 0. The lowest BCUT2D eigenvalue weighted by atomic mass is 9.73. The number of terminal acetylenes is 2. The molecular formula is C32H40F2. The van der Waals surface area contributed by atoms with Gasteiger partial charge in [-0.25, -0.2) is 8.78 Å². The molecular weight excluding hydrogens is 422 g/mol. The van der Waals surface area contributed by atoms with Gasteiger partial charge in [0.25, 0.3) is 0 Å². The van der Waals surface area contributed by atoms with Gasteiger partial charge in [-0.2, -0.15) is 0 Å². The number of halogens is 2. The first-order chi connectivity index (χ1) is 16.3. The Balaban J connectivity index is 1.85. The van der Waals surface area contributed by atoms with E-state index >= 15 is 8.78 Å². The molecule has 1 aromatic carbocycles. The minimum absolute atomic E-state index is 0.0882. The maximum Gasteiger partial charge on any atom is 0.143 e. The van der Waals surface area contributed by atoms with E-state index < -0.39 is 11.6 Å². The van der Waals surface area contributed by atoms with E-state index in [4.69, 9.17) is 12.8 Å². The summed E-state index contributed by atoms with van der Waals surface area (Å²) in [6, 6.07) is 0. The zero-order valence-electron chi connectivity index (χ0n) is 21.1. The lowest BCUT2D eigenvalue weighted by Gasteiger charge is -2.32. The lowest BCUT2D eigenvalue weighted by molar-refractivity contribution is 0.287. The van der Waals surface area contributed by atoms with Crippen LogP contribution in [0.5, 0.6) is 0 Å². The van der Waals surface area contributed by atoms with Gasteiger partial charge in [-0.05, 0) is 112 Å². The lowest BCUT2D eigenvalue weighted by Crippen LogP contribution is -2.22. The van der Waals surface area contributed by atoms with Gasteiger partial charge in [0.05, 0.1) is 11.1 Å². The van der Waals surface area contributed by atoms with Crippen molar-refractivity contribution in [2.45, 2.75) is 90.9 Å². The van der Waals surface area contributed by atoms with Crippen molar-refractivity contribution in [1.82, 2.24) is 0 Å². The molecule has 0 saturated heterocycles. The molecule has 0 amide bonds. The molecule has 2 fully saturated rings. The molecule has 0 spiro atoms. The zero-order chi connectivity index (χ0) is 24.8. The number of benzene rings is 1. The molecule has 0 heterocycles. The summed E-state index contributed by atoms with van der Waals surface area (Å²) in [6.45, 7) is 12.7. The highest BCUT2D eigenvalue weighted by molar-refractivity contribution is 5.55. The third-order valence-electron chi connectivity index (χ3n) is 8.61. The Morgan fingerprint density at radius 2 is 1.03 bits per heavy atom. The molecule has 34 heavy (non-hydrogen) atoms. The van der Waals surface area contributed by atoms with Crippen molar-refractivity contribution in [3.05, 3.63) is 58.2 Å². The predicted octanol–water partition coefficient (Wildman–Crippen LogP) is 8.56. The molecule has 2 saturated carbocycles. The fourth-order valence-corrected chi connectivity index (χ4v) is 6.19. The monoisotopic (exact) mass is 462 g/mol. The number of hydrogen-bond acceptors (Lipinski definition) is 0. The van der Waals surface area contributed by atoms with E-state index in [1.807, 2.05) is 0 Å². The van der Waals surface area contributed by atoms with Gasteiger partial charge in [-0.1, -0.05) is 50.0 Å². The molecule has 0 atom stereocenters. The molecule has 2 heteroatoms. The molecule has 2 aliphatic rings. The Morgan fingerprint density at radius 1 is 0.706 bits per heavy atom. The molecule has 0 radical (unpaired) electrons. The van der Waals surface area contributed by atoms with E-state index in [2.05, 4.69) is 38.8 Å². The van der Waals surface area contributed by atoms with Crippen LogP contribution in [0.25, 0.3) is 0 Å². The fraction of sp³-hybridized carbons (Fsp3) is 0.562. The first-order valence-corrected chi connectivity index (χ1v) is 13.2. The number of allylic oxidation sites excluding steroid dienone is 2. The summed E-state index contributed by atoms with van der Waals surface area (Å²) in [6.07, 6.45) is 22.6. The van der Waals surface area contributed by atoms with Gasteiger partial charge < -0.3 is 0 Å². The first-order valence-electron chi connectivity index (χ1n) is 13.2. The summed E-state index contributed by atoms with van der Waals surface area (Å²) in [5, 5.41) is 0. The van der Waals surface area contributed by atoms with Crippen LogP contribution in [0.2, 0.25) is 0 Å². The van der Waals surface area contributed by atoms with Gasteiger partial charge in [-0.3, -0.25) is 0 Å². The Hall–Kier alpha value is -2.32. The molecule has 2 aliphatic carbocycles. The van der Waals surface area contributed by atoms with Gasteiger partial charge in [-0.15, -0.1) is 12.8 Å². The Kier molecular flexibility index (Phi) is 9.19. The standard InChI is InChI=1S/C32H40F2/c1-7-21(5)25-15-11-23(12-16-25)19-29-30(32(34)28(10-4)27(9-3)31(29)33)20-24-13-17-26(18-14-24)22(6)8-2/h3-4,23-26H,5-8,11-20H2,1-2H3. The number of hydrogen-bond donors (Lipinski definition) is 0. The van der Waals surface area contributed by atoms with Crippen LogP contribution in [-0.2, 0) is 12.8 Å². The van der Waals surface area contributed by atoms with Crippen LogP contribution in [0.1, 0.15) is 100 Å². The molecule has 182 valence electrons. The third-order valence-corrected chi connectivity index (χ3v) is 8.61. The van der Waals surface area contributed by atoms with E-state index in [0.29, 0.717) is 47.6 Å². The average Bonchev–Trinajstić information content (AvgIpc) is 2.87. The van der Waals surface area contributed by atoms with E-state index in [1.165, 1.54) is 11.1 Å². The van der Waals surface area contributed by atoms with Gasteiger partial charge >= 0.3 is 0 Å². The van der Waals surface area contributed by atoms with Gasteiger partial charge in [0.15, 0.2) is 0 Å². The van der Waals surface area contributed by atoms with E-state index in [9.17, 15) is 0 Å². The average molecular weight is 463 g/mol. The summed E-state index contributed by atoms with van der Waals surface area (Å²) >= 11 is 0. The maximum absolute atomic E-state index is 15.7. The summed E-state index contributed by atoms with van der Waals surface area (Å²) in [5.41, 5.74) is 3.39. The summed E-state index contributed by atoms with van der Waals surface area (Å²) in [7, 11) is 0. The second-order valence-electron chi connectivity index (χ2n) is 10.5. The van der Waals surface area contributed by atoms with E-state index in [-0.39, 0.29) is 11.1 Å². The van der Waals surface area contributed by atoms with Crippen molar-refractivity contribution in [2.24, 2.45) is 23.7 Å². The third kappa shape index (κ3) is 5.66. The van der Waals surface area contributed by atoms with E-state index in [0.717, 1.165) is 64.2 Å².